The molecule has 0 saturated heterocycles. The molecule has 0 bridgehead atoms. The molecule has 0 aromatic carbocycles. The Kier molecular flexibility index (Phi) is 57.7. The molecule has 0 aliphatic heterocycles. The Morgan fingerprint density at radius 2 is 0.549 bits per heavy atom. The lowest BCUT2D eigenvalue weighted by Gasteiger charge is -2.18. The van der Waals surface area contributed by atoms with Crippen molar-refractivity contribution in [2.75, 3.05) is 13.2 Å². The monoisotopic (exact) mass is 995 g/mol. The first kappa shape index (κ1) is 68.4. The van der Waals surface area contributed by atoms with Gasteiger partial charge in [-0.05, 0) is 77.0 Å². The number of hydrogen-bond acceptors (Lipinski definition) is 6. The number of carbonyl (C=O) groups excluding carboxylic acids is 3. The van der Waals surface area contributed by atoms with E-state index in [2.05, 4.69) is 69.4 Å². The summed E-state index contributed by atoms with van der Waals surface area (Å²) in [5.74, 6) is -0.877. The molecule has 0 spiro atoms. The van der Waals surface area contributed by atoms with Crippen LogP contribution in [0.2, 0.25) is 0 Å². The highest BCUT2D eigenvalue weighted by Crippen LogP contribution is 2.17. The van der Waals surface area contributed by atoms with Crippen LogP contribution in [-0.2, 0) is 28.6 Å². The molecule has 0 radical (unpaired) electrons. The van der Waals surface area contributed by atoms with E-state index in [-0.39, 0.29) is 31.1 Å². The molecule has 0 aromatic heterocycles. The normalized spacial score (nSPS) is 12.3. The molecule has 6 heteroatoms. The van der Waals surface area contributed by atoms with Crippen LogP contribution in [0.4, 0.5) is 0 Å². The fourth-order valence-electron chi connectivity index (χ4n) is 9.16. The van der Waals surface area contributed by atoms with Crippen molar-refractivity contribution >= 4 is 17.9 Å². The molecule has 414 valence electrons. The van der Waals surface area contributed by atoms with Crippen LogP contribution in [0.1, 0.15) is 329 Å². The number of carbonyl (C=O) groups is 3. The highest BCUT2D eigenvalue weighted by atomic mass is 16.6. The molecule has 1 atom stereocenters. The summed E-state index contributed by atoms with van der Waals surface area (Å²) in [5, 5.41) is 0. The first-order chi connectivity index (χ1) is 35.0. The summed E-state index contributed by atoms with van der Waals surface area (Å²) in [5.41, 5.74) is 0. The van der Waals surface area contributed by atoms with Gasteiger partial charge in [0.15, 0.2) is 6.10 Å². The van der Waals surface area contributed by atoms with E-state index < -0.39 is 6.10 Å². The average Bonchev–Trinajstić information content (AvgIpc) is 3.37. The van der Waals surface area contributed by atoms with Crippen LogP contribution in [0.3, 0.4) is 0 Å². The zero-order chi connectivity index (χ0) is 51.4. The van der Waals surface area contributed by atoms with E-state index in [0.29, 0.717) is 19.3 Å². The molecule has 0 amide bonds. The van der Waals surface area contributed by atoms with Gasteiger partial charge in [0.05, 0.1) is 0 Å². The van der Waals surface area contributed by atoms with Crippen LogP contribution in [0.25, 0.3) is 0 Å². The standard InChI is InChI=1S/C65H118O6/c1-4-7-10-13-16-19-22-25-27-29-30-31-32-33-34-36-37-40-43-46-49-52-55-58-64(67)70-61-62(60-69-63(66)57-54-51-48-45-42-39-24-21-18-15-12-9-6-3)71-65(68)59-56-53-50-47-44-41-38-35-28-26-23-20-17-14-11-8-5-2/h8,11,17,20-21,24,26,28,62H,4-7,9-10,12-16,18-19,22-23,25,27,29-61H2,1-3H3/b11-8-,20-17-,24-21-,28-26-. The van der Waals surface area contributed by atoms with Crippen LogP contribution in [0.15, 0.2) is 48.6 Å². The molecule has 71 heavy (non-hydrogen) atoms. The van der Waals surface area contributed by atoms with Crippen LogP contribution >= 0.6 is 0 Å². The van der Waals surface area contributed by atoms with E-state index >= 15 is 0 Å². The number of rotatable bonds is 57. The minimum absolute atomic E-state index is 0.0765. The summed E-state index contributed by atoms with van der Waals surface area (Å²) in [7, 11) is 0. The molecule has 0 N–H and O–H groups in total. The van der Waals surface area contributed by atoms with Gasteiger partial charge in [-0.3, -0.25) is 14.4 Å². The fourth-order valence-corrected chi connectivity index (χ4v) is 9.16. The third-order valence-electron chi connectivity index (χ3n) is 13.8. The van der Waals surface area contributed by atoms with Crippen molar-refractivity contribution in [1.29, 1.82) is 0 Å². The van der Waals surface area contributed by atoms with Crippen LogP contribution in [0, 0.1) is 0 Å². The lowest BCUT2D eigenvalue weighted by atomic mass is 10.0. The third kappa shape index (κ3) is 58.1. The molecule has 0 saturated carbocycles. The lowest BCUT2D eigenvalue weighted by Crippen LogP contribution is -2.30. The second kappa shape index (κ2) is 59.9. The Hall–Kier alpha value is -2.63. The van der Waals surface area contributed by atoms with Crippen molar-refractivity contribution in [2.24, 2.45) is 0 Å². The fraction of sp³-hybridized carbons (Fsp3) is 0.831. The Morgan fingerprint density at radius 1 is 0.296 bits per heavy atom. The maximum absolute atomic E-state index is 12.9. The van der Waals surface area contributed by atoms with Gasteiger partial charge in [-0.25, -0.2) is 0 Å². The van der Waals surface area contributed by atoms with E-state index in [0.717, 1.165) is 89.9 Å². The molecule has 0 aromatic rings. The smallest absolute Gasteiger partial charge is 0.306 e. The number of allylic oxidation sites excluding steroid dienone is 8. The van der Waals surface area contributed by atoms with Gasteiger partial charge in [0.1, 0.15) is 13.2 Å². The maximum Gasteiger partial charge on any atom is 0.306 e. The highest BCUT2D eigenvalue weighted by Gasteiger charge is 2.19. The average molecular weight is 996 g/mol. The van der Waals surface area contributed by atoms with E-state index in [1.165, 1.54) is 199 Å². The summed E-state index contributed by atoms with van der Waals surface area (Å²) in [4.78, 5) is 38.2. The number of hydrogen-bond donors (Lipinski definition) is 0. The lowest BCUT2D eigenvalue weighted by molar-refractivity contribution is -0.167. The van der Waals surface area contributed by atoms with E-state index in [4.69, 9.17) is 14.2 Å². The predicted octanol–water partition coefficient (Wildman–Crippen LogP) is 21.0. The van der Waals surface area contributed by atoms with Gasteiger partial charge >= 0.3 is 17.9 Å². The summed E-state index contributed by atoms with van der Waals surface area (Å²) in [6.07, 6.45) is 74.0. The Labute approximate surface area is 441 Å². The van der Waals surface area contributed by atoms with Gasteiger partial charge in [-0.1, -0.05) is 281 Å². The van der Waals surface area contributed by atoms with Crippen LogP contribution in [-0.4, -0.2) is 37.2 Å². The van der Waals surface area contributed by atoms with Gasteiger partial charge < -0.3 is 14.2 Å². The predicted molar refractivity (Wildman–Crippen MR) is 307 cm³/mol. The second-order valence-corrected chi connectivity index (χ2v) is 20.9. The Morgan fingerprint density at radius 3 is 0.887 bits per heavy atom. The number of unbranched alkanes of at least 4 members (excludes halogenated alkanes) is 38. The summed E-state index contributed by atoms with van der Waals surface area (Å²) in [6.45, 7) is 6.55. The van der Waals surface area contributed by atoms with Crippen molar-refractivity contribution in [2.45, 2.75) is 335 Å². The molecule has 6 nitrogen and oxygen atoms in total. The van der Waals surface area contributed by atoms with E-state index in [9.17, 15) is 14.4 Å². The summed E-state index contributed by atoms with van der Waals surface area (Å²) in [6, 6.07) is 0. The molecule has 0 aliphatic carbocycles. The summed E-state index contributed by atoms with van der Waals surface area (Å²) >= 11 is 0. The SMILES string of the molecule is CC/C=C\C/C=C\C/C=C\CCCCCCCCCC(=O)OC(COC(=O)CCCCCCC/C=C\CCCCCC)COC(=O)CCCCCCCCCCCCCCCCCCCCCCCCC. The van der Waals surface area contributed by atoms with Crippen molar-refractivity contribution in [1.82, 2.24) is 0 Å². The molecule has 0 aliphatic rings. The van der Waals surface area contributed by atoms with Crippen molar-refractivity contribution in [3.63, 3.8) is 0 Å². The van der Waals surface area contributed by atoms with Gasteiger partial charge in [-0.15, -0.1) is 0 Å². The van der Waals surface area contributed by atoms with Crippen molar-refractivity contribution in [3.8, 4) is 0 Å². The van der Waals surface area contributed by atoms with Gasteiger partial charge in [0.25, 0.3) is 0 Å². The molecular formula is C65H118O6. The second-order valence-electron chi connectivity index (χ2n) is 20.9. The van der Waals surface area contributed by atoms with Crippen LogP contribution < -0.4 is 0 Å². The van der Waals surface area contributed by atoms with E-state index in [1.54, 1.807) is 0 Å². The zero-order valence-electron chi connectivity index (χ0n) is 47.5. The number of ether oxygens (including phenoxy) is 3. The van der Waals surface area contributed by atoms with Gasteiger partial charge in [0, 0.05) is 19.3 Å². The third-order valence-corrected chi connectivity index (χ3v) is 13.8. The molecule has 0 fully saturated rings. The molecule has 0 heterocycles. The summed E-state index contributed by atoms with van der Waals surface area (Å²) < 4.78 is 16.9. The zero-order valence-corrected chi connectivity index (χ0v) is 47.5. The highest BCUT2D eigenvalue weighted by molar-refractivity contribution is 5.71. The van der Waals surface area contributed by atoms with Crippen molar-refractivity contribution in [3.05, 3.63) is 48.6 Å². The molecule has 1 unspecified atom stereocenters. The minimum Gasteiger partial charge on any atom is -0.462 e. The van der Waals surface area contributed by atoms with Gasteiger partial charge in [0.2, 0.25) is 0 Å². The maximum atomic E-state index is 12.9. The largest absolute Gasteiger partial charge is 0.462 e. The Bertz CT molecular complexity index is 1230. The Balaban J connectivity index is 4.28. The topological polar surface area (TPSA) is 78.9 Å². The molecular weight excluding hydrogens is 877 g/mol. The number of esters is 3. The van der Waals surface area contributed by atoms with Crippen molar-refractivity contribution < 1.29 is 28.6 Å². The first-order valence-electron chi connectivity index (χ1n) is 31.1. The van der Waals surface area contributed by atoms with Gasteiger partial charge in [-0.2, -0.15) is 0 Å². The van der Waals surface area contributed by atoms with E-state index in [1.807, 2.05) is 0 Å². The first-order valence-corrected chi connectivity index (χ1v) is 31.1. The minimum atomic E-state index is -0.780. The van der Waals surface area contributed by atoms with Crippen LogP contribution in [0.5, 0.6) is 0 Å². The quantitative estimate of drug-likeness (QED) is 0.0261. The molecule has 0 rings (SSSR count).